The fraction of sp³-hybridized carbons (Fsp3) is 0.368. The van der Waals surface area contributed by atoms with E-state index >= 15 is 0 Å². The van der Waals surface area contributed by atoms with Crippen molar-refractivity contribution in [3.63, 3.8) is 0 Å². The van der Waals surface area contributed by atoms with Crippen LogP contribution in [-0.2, 0) is 24.3 Å². The summed E-state index contributed by atoms with van der Waals surface area (Å²) >= 11 is 0. The van der Waals surface area contributed by atoms with Crippen molar-refractivity contribution in [2.75, 3.05) is 7.11 Å². The highest BCUT2D eigenvalue weighted by molar-refractivity contribution is 7.89. The molecule has 1 aliphatic heterocycles. The molecular formula is C19H20N2O7S. The molecule has 0 saturated carbocycles. The van der Waals surface area contributed by atoms with Crippen LogP contribution in [0.1, 0.15) is 26.7 Å². The van der Waals surface area contributed by atoms with Gasteiger partial charge >= 0.3 is 5.97 Å². The van der Waals surface area contributed by atoms with Gasteiger partial charge in [-0.15, -0.1) is 0 Å². The number of nitro benzene ring substituents is 1. The topological polar surface area (TPSA) is 124 Å². The predicted octanol–water partition coefficient (Wildman–Crippen LogP) is 2.34. The van der Waals surface area contributed by atoms with Crippen molar-refractivity contribution in [2.45, 2.75) is 37.6 Å². The van der Waals surface area contributed by atoms with Crippen LogP contribution in [0.25, 0.3) is 0 Å². The Morgan fingerprint density at radius 2 is 1.86 bits per heavy atom. The normalized spacial score (nSPS) is 24.3. The van der Waals surface area contributed by atoms with Gasteiger partial charge in [0.05, 0.1) is 23.0 Å². The van der Waals surface area contributed by atoms with E-state index in [-0.39, 0.29) is 23.4 Å². The molecule has 1 amide bonds. The molecule has 0 radical (unpaired) electrons. The van der Waals surface area contributed by atoms with Crippen LogP contribution < -0.4 is 0 Å². The van der Waals surface area contributed by atoms with Crippen molar-refractivity contribution >= 4 is 27.6 Å². The predicted molar refractivity (Wildman–Crippen MR) is 102 cm³/mol. The van der Waals surface area contributed by atoms with Crippen LogP contribution >= 0.6 is 0 Å². The van der Waals surface area contributed by atoms with Gasteiger partial charge in [-0.2, -0.15) is 0 Å². The van der Waals surface area contributed by atoms with Crippen LogP contribution in [0.3, 0.4) is 0 Å². The third-order valence-electron chi connectivity index (χ3n) is 5.57. The van der Waals surface area contributed by atoms with E-state index in [0.717, 1.165) is 41.5 Å². The summed E-state index contributed by atoms with van der Waals surface area (Å²) in [5.41, 5.74) is 0.227. The summed E-state index contributed by atoms with van der Waals surface area (Å²) in [4.78, 5) is 35.3. The maximum absolute atomic E-state index is 13.3. The first-order valence-electron chi connectivity index (χ1n) is 8.80. The molecule has 2 atom stereocenters. The fourth-order valence-corrected chi connectivity index (χ4v) is 5.47. The van der Waals surface area contributed by atoms with E-state index in [2.05, 4.69) is 0 Å². The summed E-state index contributed by atoms with van der Waals surface area (Å²) in [6, 6.07) is 3.28. The number of allylic oxidation sites excluding steroid dienone is 1. The average Bonchev–Trinajstić information content (AvgIpc) is 2.68. The van der Waals surface area contributed by atoms with Crippen LogP contribution in [0.2, 0.25) is 0 Å². The third-order valence-corrected chi connectivity index (χ3v) is 7.39. The van der Waals surface area contributed by atoms with Crippen molar-refractivity contribution in [1.29, 1.82) is 0 Å². The Labute approximate surface area is 167 Å². The molecule has 9 nitrogen and oxygen atoms in total. The molecule has 0 saturated heterocycles. The highest BCUT2D eigenvalue weighted by atomic mass is 32.2. The number of hydrogen-bond donors (Lipinski definition) is 0. The number of amides is 1. The van der Waals surface area contributed by atoms with Crippen molar-refractivity contribution in [3.05, 3.63) is 57.7 Å². The van der Waals surface area contributed by atoms with E-state index in [1.165, 1.54) is 13.2 Å². The molecule has 154 valence electrons. The largest absolute Gasteiger partial charge is 0.468 e. The number of non-ortho nitro benzene ring substituents is 1. The zero-order chi connectivity index (χ0) is 21.6. The Kier molecular flexibility index (Phi) is 5.08. The molecule has 1 aromatic carbocycles. The number of methoxy groups -OCH3 is 1. The van der Waals surface area contributed by atoms with Gasteiger partial charge in [-0.25, -0.2) is 12.7 Å². The van der Waals surface area contributed by atoms with E-state index in [0.29, 0.717) is 4.31 Å². The molecule has 29 heavy (non-hydrogen) atoms. The lowest BCUT2D eigenvalue weighted by molar-refractivity contribution is -0.384. The van der Waals surface area contributed by atoms with Gasteiger partial charge in [-0.3, -0.25) is 19.7 Å². The SMILES string of the molecule is COC(=O)[C@]12C=CC(=O)N(S(=O)(=O)c3ccc([N+](=O)[O-])cc3)[C@H]1CC(C)=C(C)C2. The van der Waals surface area contributed by atoms with Crippen LogP contribution in [0.15, 0.2) is 52.5 Å². The quantitative estimate of drug-likeness (QED) is 0.317. The van der Waals surface area contributed by atoms with Gasteiger partial charge in [0, 0.05) is 18.2 Å². The standard InChI is InChI=1S/C19H20N2O7S/c1-12-10-16-19(11-13(12)2,18(23)28-3)9-8-17(22)20(16)29(26,27)15-6-4-14(5-7-15)21(24)25/h4-9,16H,10-11H2,1-3H3/t16-,19-/m0/s1. The number of nitro groups is 1. The number of ether oxygens (including phenoxy) is 1. The number of rotatable bonds is 4. The lowest BCUT2D eigenvalue weighted by atomic mass is 9.67. The van der Waals surface area contributed by atoms with Crippen LogP contribution in [0.5, 0.6) is 0 Å². The molecular weight excluding hydrogens is 400 g/mol. The second-order valence-corrected chi connectivity index (χ2v) is 9.03. The first kappa shape index (κ1) is 20.7. The molecule has 1 aromatic rings. The molecule has 0 fully saturated rings. The first-order chi connectivity index (χ1) is 13.5. The number of sulfonamides is 1. The zero-order valence-corrected chi connectivity index (χ0v) is 16.9. The van der Waals surface area contributed by atoms with Gasteiger partial charge in [0.25, 0.3) is 21.6 Å². The van der Waals surface area contributed by atoms with Gasteiger partial charge in [-0.05, 0) is 38.8 Å². The molecule has 1 aliphatic carbocycles. The summed E-state index contributed by atoms with van der Waals surface area (Å²) < 4.78 is 32.3. The molecule has 10 heteroatoms. The lowest BCUT2D eigenvalue weighted by Crippen LogP contribution is -2.59. The highest BCUT2D eigenvalue weighted by Gasteiger charge is 2.56. The molecule has 0 bridgehead atoms. The number of benzene rings is 1. The molecule has 0 unspecified atom stereocenters. The molecule has 0 N–H and O–H groups in total. The summed E-state index contributed by atoms with van der Waals surface area (Å²) in [5.74, 6) is -1.40. The van der Waals surface area contributed by atoms with Crippen molar-refractivity contribution in [2.24, 2.45) is 5.41 Å². The monoisotopic (exact) mass is 420 g/mol. The minimum Gasteiger partial charge on any atom is -0.468 e. The van der Waals surface area contributed by atoms with Crippen LogP contribution in [0, 0.1) is 15.5 Å². The molecule has 0 spiro atoms. The minimum atomic E-state index is -4.37. The van der Waals surface area contributed by atoms with E-state index in [9.17, 15) is 28.1 Å². The van der Waals surface area contributed by atoms with Gasteiger partial charge < -0.3 is 4.74 Å². The van der Waals surface area contributed by atoms with E-state index < -0.39 is 38.3 Å². The van der Waals surface area contributed by atoms with Gasteiger partial charge in [0.1, 0.15) is 5.41 Å². The second kappa shape index (κ2) is 7.11. The van der Waals surface area contributed by atoms with Gasteiger partial charge in [0.2, 0.25) is 0 Å². The van der Waals surface area contributed by atoms with Crippen molar-refractivity contribution < 1.29 is 27.7 Å². The molecule has 0 aromatic heterocycles. The van der Waals surface area contributed by atoms with Crippen molar-refractivity contribution in [3.8, 4) is 0 Å². The van der Waals surface area contributed by atoms with Gasteiger partial charge in [-0.1, -0.05) is 17.2 Å². The summed E-state index contributed by atoms with van der Waals surface area (Å²) in [7, 11) is -3.15. The highest BCUT2D eigenvalue weighted by Crippen LogP contribution is 2.47. The Morgan fingerprint density at radius 1 is 1.24 bits per heavy atom. The molecule has 1 heterocycles. The molecule has 2 aliphatic rings. The first-order valence-corrected chi connectivity index (χ1v) is 10.2. The number of nitrogens with zero attached hydrogens (tertiary/aromatic N) is 2. The zero-order valence-electron chi connectivity index (χ0n) is 16.1. The van der Waals surface area contributed by atoms with E-state index in [4.69, 9.17) is 4.74 Å². The second-order valence-electron chi connectivity index (χ2n) is 7.21. The van der Waals surface area contributed by atoms with Crippen molar-refractivity contribution in [1.82, 2.24) is 4.31 Å². The summed E-state index contributed by atoms with van der Waals surface area (Å²) in [6.45, 7) is 3.69. The number of esters is 1. The number of carbonyl (C=O) groups excluding carboxylic acids is 2. The Morgan fingerprint density at radius 3 is 2.41 bits per heavy atom. The smallest absolute Gasteiger partial charge is 0.318 e. The number of carbonyl (C=O) groups is 2. The minimum absolute atomic E-state index is 0.184. The third kappa shape index (κ3) is 3.23. The fourth-order valence-electron chi connectivity index (χ4n) is 3.87. The Hall–Kier alpha value is -3.01. The van der Waals surface area contributed by atoms with E-state index in [1.54, 1.807) is 0 Å². The lowest BCUT2D eigenvalue weighted by Gasteiger charge is -2.47. The van der Waals surface area contributed by atoms with Gasteiger partial charge in [0.15, 0.2) is 0 Å². The Balaban J connectivity index is 2.15. The molecule has 3 rings (SSSR count). The maximum Gasteiger partial charge on any atom is 0.318 e. The number of fused-ring (bicyclic) bond motifs is 1. The summed E-state index contributed by atoms with van der Waals surface area (Å²) in [5, 5.41) is 10.8. The van der Waals surface area contributed by atoms with Crippen LogP contribution in [-0.4, -0.2) is 42.7 Å². The Bertz CT molecular complexity index is 1060. The number of hydrogen-bond acceptors (Lipinski definition) is 7. The van der Waals surface area contributed by atoms with Crippen LogP contribution in [0.4, 0.5) is 5.69 Å². The maximum atomic E-state index is 13.3. The summed E-state index contributed by atoms with van der Waals surface area (Å²) in [6.07, 6.45) is 2.92. The average molecular weight is 420 g/mol. The van der Waals surface area contributed by atoms with E-state index in [1.807, 2.05) is 13.8 Å².